The summed E-state index contributed by atoms with van der Waals surface area (Å²) in [5.74, 6) is 0.643. The van der Waals surface area contributed by atoms with Crippen molar-refractivity contribution in [3.8, 4) is 0 Å². The van der Waals surface area contributed by atoms with Crippen molar-refractivity contribution in [2.24, 2.45) is 0 Å². The van der Waals surface area contributed by atoms with Crippen molar-refractivity contribution in [2.75, 3.05) is 11.5 Å². The van der Waals surface area contributed by atoms with E-state index in [0.717, 1.165) is 23.2 Å². The molecular formula is C20H19N3O. The Bertz CT molecular complexity index is 882. The molecule has 1 heterocycles. The van der Waals surface area contributed by atoms with E-state index in [2.05, 4.69) is 36.4 Å². The number of rotatable bonds is 1. The van der Waals surface area contributed by atoms with Gasteiger partial charge in [0.15, 0.2) is 0 Å². The van der Waals surface area contributed by atoms with Crippen molar-refractivity contribution in [1.29, 1.82) is 10.8 Å². The van der Waals surface area contributed by atoms with E-state index in [9.17, 15) is 0 Å². The Kier molecular flexibility index (Phi) is 3.54. The second-order valence-corrected chi connectivity index (χ2v) is 6.14. The Balaban J connectivity index is 1.89. The van der Waals surface area contributed by atoms with Crippen LogP contribution in [-0.4, -0.2) is 18.3 Å². The molecule has 0 fully saturated rings. The van der Waals surface area contributed by atoms with Crippen molar-refractivity contribution < 1.29 is 4.74 Å². The molecule has 2 N–H and O–H groups in total. The quantitative estimate of drug-likeness (QED) is 0.617. The molecule has 0 radical (unpaired) electrons. The smallest absolute Gasteiger partial charge is 0.132 e. The molecule has 2 aromatic rings. The van der Waals surface area contributed by atoms with Crippen LogP contribution < -0.4 is 4.90 Å². The van der Waals surface area contributed by atoms with Crippen LogP contribution in [0.3, 0.4) is 0 Å². The van der Waals surface area contributed by atoms with Crippen LogP contribution in [0.1, 0.15) is 29.2 Å². The van der Waals surface area contributed by atoms with E-state index in [1.807, 2.05) is 12.1 Å². The molecule has 0 atom stereocenters. The molecule has 4 heteroatoms. The second-order valence-electron chi connectivity index (χ2n) is 6.14. The summed E-state index contributed by atoms with van der Waals surface area (Å²) in [6.07, 6.45) is 3.21. The Morgan fingerprint density at radius 1 is 1.04 bits per heavy atom. The summed E-state index contributed by atoms with van der Waals surface area (Å²) in [5, 5.41) is 16.2. The van der Waals surface area contributed by atoms with Gasteiger partial charge in [-0.3, -0.25) is 15.7 Å². The lowest BCUT2D eigenvalue weighted by atomic mass is 9.94. The van der Waals surface area contributed by atoms with Crippen LogP contribution in [0.4, 0.5) is 5.69 Å². The molecule has 0 amide bonds. The molecule has 1 aliphatic carbocycles. The summed E-state index contributed by atoms with van der Waals surface area (Å²) >= 11 is 0. The van der Waals surface area contributed by atoms with Crippen LogP contribution in [0.2, 0.25) is 0 Å². The van der Waals surface area contributed by atoms with Crippen LogP contribution in [0.25, 0.3) is 5.57 Å². The summed E-state index contributed by atoms with van der Waals surface area (Å²) in [4.78, 5) is 1.67. The van der Waals surface area contributed by atoms with Gasteiger partial charge >= 0.3 is 0 Å². The predicted molar refractivity (Wildman–Crippen MR) is 96.9 cm³/mol. The van der Waals surface area contributed by atoms with E-state index < -0.39 is 0 Å². The lowest BCUT2D eigenvalue weighted by Crippen LogP contribution is -2.36. The molecule has 2 aromatic carbocycles. The third-order valence-corrected chi connectivity index (χ3v) is 4.61. The number of nitrogens with one attached hydrogen (secondary N) is 2. The van der Waals surface area contributed by atoms with Crippen molar-refractivity contribution in [3.05, 3.63) is 70.8 Å². The molecule has 4 rings (SSSR count). The molecule has 1 aliphatic heterocycles. The topological polar surface area (TPSA) is 60.2 Å². The summed E-state index contributed by atoms with van der Waals surface area (Å²) in [5.41, 5.74) is 6.90. The Hall–Kier alpha value is -2.72. The Labute approximate surface area is 141 Å². The maximum Gasteiger partial charge on any atom is 0.132 e. The summed E-state index contributed by atoms with van der Waals surface area (Å²) in [6.45, 7) is 2.39. The number of nitrogens with zero attached hydrogens (tertiary/aromatic N) is 1. The minimum atomic E-state index is 0.222. The summed E-state index contributed by atoms with van der Waals surface area (Å²) in [6, 6.07) is 14.6. The SMILES string of the molecule is CC(=N)N1C(=N)COCc2c(C3=CCc4ccccc43)cccc21. The molecule has 0 spiro atoms. The van der Waals surface area contributed by atoms with Gasteiger partial charge < -0.3 is 4.74 Å². The van der Waals surface area contributed by atoms with Crippen LogP contribution >= 0.6 is 0 Å². The molecular weight excluding hydrogens is 298 g/mol. The normalized spacial score (nSPS) is 16.3. The molecule has 0 unspecified atom stereocenters. The highest BCUT2D eigenvalue weighted by molar-refractivity contribution is 6.17. The van der Waals surface area contributed by atoms with Gasteiger partial charge in [0.05, 0.1) is 12.3 Å². The van der Waals surface area contributed by atoms with Crippen LogP contribution in [0.15, 0.2) is 48.5 Å². The number of allylic oxidation sites excluding steroid dienone is 1. The van der Waals surface area contributed by atoms with E-state index in [4.69, 9.17) is 15.6 Å². The zero-order valence-electron chi connectivity index (χ0n) is 13.6. The average Bonchev–Trinajstić information content (AvgIpc) is 2.91. The van der Waals surface area contributed by atoms with Crippen molar-refractivity contribution in [3.63, 3.8) is 0 Å². The van der Waals surface area contributed by atoms with Crippen LogP contribution in [0, 0.1) is 10.8 Å². The van der Waals surface area contributed by atoms with Crippen molar-refractivity contribution in [1.82, 2.24) is 0 Å². The number of ether oxygens (including phenoxy) is 1. The molecule has 2 aliphatic rings. The predicted octanol–water partition coefficient (Wildman–Crippen LogP) is 3.99. The van der Waals surface area contributed by atoms with Gasteiger partial charge in [-0.25, -0.2) is 0 Å². The number of benzene rings is 2. The van der Waals surface area contributed by atoms with E-state index in [1.54, 1.807) is 11.8 Å². The molecule has 0 saturated heterocycles. The highest BCUT2D eigenvalue weighted by Crippen LogP contribution is 2.38. The number of hydrogen-bond donors (Lipinski definition) is 2. The number of fused-ring (bicyclic) bond motifs is 2. The lowest BCUT2D eigenvalue weighted by molar-refractivity contribution is 0.160. The fourth-order valence-corrected chi connectivity index (χ4v) is 3.57. The minimum absolute atomic E-state index is 0.222. The zero-order valence-corrected chi connectivity index (χ0v) is 13.6. The first-order valence-corrected chi connectivity index (χ1v) is 8.08. The van der Waals surface area contributed by atoms with Crippen LogP contribution in [0.5, 0.6) is 0 Å². The molecule has 0 aromatic heterocycles. The molecule has 0 saturated carbocycles. The van der Waals surface area contributed by atoms with Crippen molar-refractivity contribution in [2.45, 2.75) is 20.0 Å². The van der Waals surface area contributed by atoms with Crippen molar-refractivity contribution >= 4 is 22.9 Å². The molecule has 0 bridgehead atoms. The highest BCUT2D eigenvalue weighted by atomic mass is 16.5. The van der Waals surface area contributed by atoms with Gasteiger partial charge in [0, 0.05) is 5.56 Å². The third-order valence-electron chi connectivity index (χ3n) is 4.61. The Morgan fingerprint density at radius 3 is 2.67 bits per heavy atom. The first-order chi connectivity index (χ1) is 11.7. The number of amidine groups is 2. The largest absolute Gasteiger partial charge is 0.369 e. The van der Waals surface area contributed by atoms with Gasteiger partial charge in [-0.2, -0.15) is 0 Å². The van der Waals surface area contributed by atoms with Gasteiger partial charge in [-0.1, -0.05) is 42.5 Å². The molecule has 24 heavy (non-hydrogen) atoms. The van der Waals surface area contributed by atoms with Gasteiger partial charge in [0.2, 0.25) is 0 Å². The fourth-order valence-electron chi connectivity index (χ4n) is 3.57. The molecule has 4 nitrogen and oxygen atoms in total. The summed E-state index contributed by atoms with van der Waals surface area (Å²) < 4.78 is 5.71. The standard InChI is InChI=1S/C20H19N3O/c1-13(21)23-19-8-4-7-16(18(19)11-24-12-20(23)22)17-10-9-14-5-2-3-6-15(14)17/h2-8,10,21-22H,9,11-12H2,1H3. The van der Waals surface area contributed by atoms with Gasteiger partial charge in [-0.05, 0) is 41.7 Å². The van der Waals surface area contributed by atoms with Gasteiger partial charge in [-0.15, -0.1) is 0 Å². The van der Waals surface area contributed by atoms with E-state index >= 15 is 0 Å². The Morgan fingerprint density at radius 2 is 1.83 bits per heavy atom. The first-order valence-electron chi connectivity index (χ1n) is 8.08. The van der Waals surface area contributed by atoms with Gasteiger partial charge in [0.1, 0.15) is 18.3 Å². The lowest BCUT2D eigenvalue weighted by Gasteiger charge is -2.24. The van der Waals surface area contributed by atoms with Gasteiger partial charge in [0.25, 0.3) is 0 Å². The summed E-state index contributed by atoms with van der Waals surface area (Å²) in [7, 11) is 0. The number of anilines is 1. The van der Waals surface area contributed by atoms with Crippen LogP contribution in [-0.2, 0) is 17.8 Å². The van der Waals surface area contributed by atoms with E-state index in [1.165, 1.54) is 16.7 Å². The maximum absolute atomic E-state index is 8.19. The highest BCUT2D eigenvalue weighted by Gasteiger charge is 2.26. The monoisotopic (exact) mass is 317 g/mol. The minimum Gasteiger partial charge on any atom is -0.369 e. The average molecular weight is 317 g/mol. The zero-order chi connectivity index (χ0) is 16.7. The molecule has 120 valence electrons. The number of hydrogen-bond acceptors (Lipinski definition) is 3. The van der Waals surface area contributed by atoms with E-state index in [-0.39, 0.29) is 6.61 Å². The second kappa shape index (κ2) is 5.73. The van der Waals surface area contributed by atoms with E-state index in [0.29, 0.717) is 18.3 Å². The third kappa shape index (κ3) is 2.27. The fraction of sp³-hybridized carbons (Fsp3) is 0.200. The first kappa shape index (κ1) is 14.8. The maximum atomic E-state index is 8.19.